The summed E-state index contributed by atoms with van der Waals surface area (Å²) in [6.07, 6.45) is 3.09. The highest BCUT2D eigenvalue weighted by Gasteiger charge is 2.24. The van der Waals surface area contributed by atoms with E-state index in [4.69, 9.17) is 4.74 Å². The van der Waals surface area contributed by atoms with E-state index in [-0.39, 0.29) is 17.5 Å². The van der Waals surface area contributed by atoms with E-state index in [1.165, 1.54) is 0 Å². The maximum atomic E-state index is 13.0. The normalized spacial score (nSPS) is 14.8. The average Bonchev–Trinajstić information content (AvgIpc) is 2.95. The van der Waals surface area contributed by atoms with Gasteiger partial charge in [-0.05, 0) is 51.3 Å². The third-order valence-electron chi connectivity index (χ3n) is 5.81. The van der Waals surface area contributed by atoms with Crippen LogP contribution in [0.2, 0.25) is 0 Å². The highest BCUT2D eigenvalue weighted by molar-refractivity contribution is 6.04. The number of nitrogens with one attached hydrogen (secondary N) is 1. The number of nitrogens with zero attached hydrogens (tertiary/aromatic N) is 3. The molecule has 172 valence electrons. The van der Waals surface area contributed by atoms with Crippen molar-refractivity contribution in [3.63, 3.8) is 0 Å². The van der Waals surface area contributed by atoms with Crippen molar-refractivity contribution in [2.24, 2.45) is 0 Å². The first-order valence-electron chi connectivity index (χ1n) is 11.2. The zero-order valence-corrected chi connectivity index (χ0v) is 19.4. The molecule has 0 unspecified atom stereocenters. The number of rotatable bonds is 8. The first kappa shape index (κ1) is 23.7. The van der Waals surface area contributed by atoms with Crippen LogP contribution in [0.4, 0.5) is 5.82 Å². The lowest BCUT2D eigenvalue weighted by Gasteiger charge is -2.22. The highest BCUT2D eigenvalue weighted by Crippen LogP contribution is 2.21. The molecule has 0 radical (unpaired) electrons. The molecule has 2 aromatic rings. The van der Waals surface area contributed by atoms with E-state index < -0.39 is 0 Å². The summed E-state index contributed by atoms with van der Waals surface area (Å²) in [4.78, 5) is 48.8. The molecule has 0 aliphatic carbocycles. The first-order chi connectivity index (χ1) is 15.3. The Morgan fingerprint density at radius 2 is 1.91 bits per heavy atom. The number of pyridine rings is 1. The van der Waals surface area contributed by atoms with Gasteiger partial charge in [0.25, 0.3) is 0 Å². The van der Waals surface area contributed by atoms with Crippen LogP contribution in [0.15, 0.2) is 18.3 Å². The molecule has 1 saturated heterocycles. The van der Waals surface area contributed by atoms with Crippen molar-refractivity contribution in [2.45, 2.75) is 40.5 Å². The number of ether oxygens (including phenoxy) is 1. The first-order valence-corrected chi connectivity index (χ1v) is 11.2. The summed E-state index contributed by atoms with van der Waals surface area (Å²) in [7, 11) is 0. The smallest absolute Gasteiger partial charge is 0.339 e. The van der Waals surface area contributed by atoms with E-state index in [0.717, 1.165) is 49.7 Å². The molecule has 0 saturated carbocycles. The van der Waals surface area contributed by atoms with Crippen molar-refractivity contribution in [1.82, 2.24) is 14.9 Å². The van der Waals surface area contributed by atoms with Gasteiger partial charge in [-0.3, -0.25) is 14.5 Å². The van der Waals surface area contributed by atoms with E-state index in [1.54, 1.807) is 26.1 Å². The van der Waals surface area contributed by atoms with Crippen LogP contribution in [0, 0.1) is 6.92 Å². The minimum atomic E-state index is -0.369. The molecule has 0 atom stereocenters. The summed E-state index contributed by atoms with van der Waals surface area (Å²) >= 11 is 0. The van der Waals surface area contributed by atoms with E-state index in [9.17, 15) is 14.4 Å². The third kappa shape index (κ3) is 5.24. The van der Waals surface area contributed by atoms with Crippen LogP contribution in [-0.4, -0.2) is 71.7 Å². The Labute approximate surface area is 189 Å². The predicted octanol–water partition coefficient (Wildman–Crippen LogP) is 3.05. The van der Waals surface area contributed by atoms with Gasteiger partial charge in [0.1, 0.15) is 5.82 Å². The van der Waals surface area contributed by atoms with Crippen molar-refractivity contribution in [2.75, 3.05) is 44.2 Å². The quantitative estimate of drug-likeness (QED) is 0.498. The molecular formula is C24H32N4O4. The molecule has 8 heteroatoms. The zero-order chi connectivity index (χ0) is 23.3. The lowest BCUT2D eigenvalue weighted by atomic mass is 10.0. The van der Waals surface area contributed by atoms with Gasteiger partial charge in [0.05, 0.1) is 24.4 Å². The standard InChI is InChI=1S/C24H32N4O4/c1-5-19-22(17(4)29)16(3)26-23(19)20(30)15-27-10-7-11-28(13-12-27)21-9-8-18(14-25-21)24(31)32-6-2/h8-9,14,26H,5-7,10-13,15H2,1-4H3. The van der Waals surface area contributed by atoms with Crippen molar-refractivity contribution >= 4 is 23.4 Å². The molecule has 8 nitrogen and oxygen atoms in total. The number of ketones is 2. The molecule has 1 fully saturated rings. The molecule has 0 bridgehead atoms. The Morgan fingerprint density at radius 3 is 2.53 bits per heavy atom. The van der Waals surface area contributed by atoms with Crippen LogP contribution in [0.3, 0.4) is 0 Å². The lowest BCUT2D eigenvalue weighted by Crippen LogP contribution is -2.34. The number of aryl methyl sites for hydroxylation is 1. The maximum absolute atomic E-state index is 13.0. The van der Waals surface area contributed by atoms with Crippen LogP contribution in [-0.2, 0) is 11.2 Å². The van der Waals surface area contributed by atoms with Gasteiger partial charge in [0.15, 0.2) is 11.6 Å². The second kappa shape index (κ2) is 10.5. The SMILES string of the molecule is CCOC(=O)c1ccc(N2CCCN(CC(=O)c3[nH]c(C)c(C(C)=O)c3CC)CC2)nc1. The fourth-order valence-corrected chi connectivity index (χ4v) is 4.29. The molecule has 2 aromatic heterocycles. The topological polar surface area (TPSA) is 95.6 Å². The Kier molecular flexibility index (Phi) is 7.80. The number of H-pyrrole nitrogens is 1. The number of hydrogen-bond acceptors (Lipinski definition) is 7. The van der Waals surface area contributed by atoms with Crippen LogP contribution < -0.4 is 4.90 Å². The van der Waals surface area contributed by atoms with Gasteiger partial charge < -0.3 is 14.6 Å². The number of hydrogen-bond donors (Lipinski definition) is 1. The zero-order valence-electron chi connectivity index (χ0n) is 19.4. The van der Waals surface area contributed by atoms with Crippen molar-refractivity contribution in [3.8, 4) is 0 Å². The molecular weight excluding hydrogens is 408 g/mol. The summed E-state index contributed by atoms with van der Waals surface area (Å²) in [5.41, 5.74) is 3.23. The fraction of sp³-hybridized carbons (Fsp3) is 0.500. The van der Waals surface area contributed by atoms with Gasteiger partial charge in [-0.25, -0.2) is 9.78 Å². The third-order valence-corrected chi connectivity index (χ3v) is 5.81. The lowest BCUT2D eigenvalue weighted by molar-refractivity contribution is 0.0525. The molecule has 3 heterocycles. The minimum absolute atomic E-state index is 0.0125. The van der Waals surface area contributed by atoms with Crippen LogP contribution in [0.1, 0.15) is 69.7 Å². The number of esters is 1. The molecule has 1 N–H and O–H groups in total. The van der Waals surface area contributed by atoms with Gasteiger partial charge >= 0.3 is 5.97 Å². The monoisotopic (exact) mass is 440 g/mol. The molecule has 1 aliphatic heterocycles. The molecule has 3 rings (SSSR count). The molecule has 0 amide bonds. The highest BCUT2D eigenvalue weighted by atomic mass is 16.5. The average molecular weight is 441 g/mol. The fourth-order valence-electron chi connectivity index (χ4n) is 4.29. The van der Waals surface area contributed by atoms with Gasteiger partial charge in [-0.15, -0.1) is 0 Å². The van der Waals surface area contributed by atoms with Crippen molar-refractivity contribution in [1.29, 1.82) is 0 Å². The maximum Gasteiger partial charge on any atom is 0.339 e. The molecule has 1 aliphatic rings. The molecule has 0 spiro atoms. The Morgan fingerprint density at radius 1 is 1.12 bits per heavy atom. The number of carbonyl (C=O) groups excluding carboxylic acids is 3. The van der Waals surface area contributed by atoms with Gasteiger partial charge in [-0.2, -0.15) is 0 Å². The van der Waals surface area contributed by atoms with E-state index in [2.05, 4.69) is 19.8 Å². The Bertz CT molecular complexity index is 981. The van der Waals surface area contributed by atoms with E-state index >= 15 is 0 Å². The molecule has 32 heavy (non-hydrogen) atoms. The van der Waals surface area contributed by atoms with Crippen LogP contribution in [0.5, 0.6) is 0 Å². The van der Waals surface area contributed by atoms with Crippen molar-refractivity contribution in [3.05, 3.63) is 46.4 Å². The van der Waals surface area contributed by atoms with Crippen LogP contribution >= 0.6 is 0 Å². The van der Waals surface area contributed by atoms with E-state index in [0.29, 0.717) is 36.4 Å². The number of Topliss-reactive ketones (excluding diaryl/α,β-unsaturated/α-hetero) is 2. The minimum Gasteiger partial charge on any atom is -0.462 e. The van der Waals surface area contributed by atoms with Crippen LogP contribution in [0.25, 0.3) is 0 Å². The number of carbonyl (C=O) groups is 3. The second-order valence-electron chi connectivity index (χ2n) is 8.05. The van der Waals surface area contributed by atoms with Gasteiger partial charge in [0, 0.05) is 43.6 Å². The number of anilines is 1. The second-order valence-corrected chi connectivity index (χ2v) is 8.05. The summed E-state index contributed by atoms with van der Waals surface area (Å²) < 4.78 is 5.01. The number of aromatic amines is 1. The Balaban J connectivity index is 1.64. The van der Waals surface area contributed by atoms with E-state index in [1.807, 2.05) is 19.9 Å². The van der Waals surface area contributed by atoms with Crippen molar-refractivity contribution < 1.29 is 19.1 Å². The summed E-state index contributed by atoms with van der Waals surface area (Å²) in [5.74, 6) is 0.445. The largest absolute Gasteiger partial charge is 0.462 e. The predicted molar refractivity (Wildman–Crippen MR) is 123 cm³/mol. The molecule has 0 aromatic carbocycles. The summed E-state index contributed by atoms with van der Waals surface area (Å²) in [6.45, 7) is 10.9. The summed E-state index contributed by atoms with van der Waals surface area (Å²) in [6, 6.07) is 3.57. The van der Waals surface area contributed by atoms with Gasteiger partial charge in [0.2, 0.25) is 0 Å². The van der Waals surface area contributed by atoms with Gasteiger partial charge in [-0.1, -0.05) is 6.92 Å². The summed E-state index contributed by atoms with van der Waals surface area (Å²) in [5, 5.41) is 0. The Hall–Kier alpha value is -3.00. The number of aromatic nitrogens is 2.